The minimum absolute atomic E-state index is 0.231. The van der Waals surface area contributed by atoms with Gasteiger partial charge in [0.2, 0.25) is 0 Å². The van der Waals surface area contributed by atoms with Gasteiger partial charge in [-0.1, -0.05) is 36.8 Å². The maximum atomic E-state index is 13.6. The molecule has 4 heteroatoms. The van der Waals surface area contributed by atoms with Gasteiger partial charge in [0.1, 0.15) is 5.69 Å². The van der Waals surface area contributed by atoms with Crippen LogP contribution < -0.4 is 0 Å². The number of benzene rings is 1. The van der Waals surface area contributed by atoms with E-state index in [-0.39, 0.29) is 5.91 Å². The number of amides is 1. The molecule has 1 aliphatic carbocycles. The number of piperazine rings is 1. The van der Waals surface area contributed by atoms with Crippen molar-refractivity contribution in [3.05, 3.63) is 57.9 Å². The van der Waals surface area contributed by atoms with Gasteiger partial charge in [0.05, 0.1) is 0 Å². The van der Waals surface area contributed by atoms with Crippen molar-refractivity contribution in [1.82, 2.24) is 14.4 Å². The minimum atomic E-state index is 0.231. The first-order valence-corrected chi connectivity index (χ1v) is 10.9. The van der Waals surface area contributed by atoms with Gasteiger partial charge in [-0.15, -0.1) is 0 Å². The molecule has 0 atom stereocenters. The third-order valence-electron chi connectivity index (χ3n) is 6.61. The molecule has 2 aliphatic rings. The van der Waals surface area contributed by atoms with E-state index in [1.54, 1.807) is 0 Å². The summed E-state index contributed by atoms with van der Waals surface area (Å²) in [6.45, 7) is 12.0. The maximum absolute atomic E-state index is 13.6. The van der Waals surface area contributed by atoms with Gasteiger partial charge in [-0.2, -0.15) is 0 Å². The van der Waals surface area contributed by atoms with Crippen LogP contribution in [0.2, 0.25) is 0 Å². The highest BCUT2D eigenvalue weighted by Crippen LogP contribution is 2.31. The van der Waals surface area contributed by atoms with Crippen LogP contribution in [0.4, 0.5) is 0 Å². The Morgan fingerprint density at radius 1 is 0.964 bits per heavy atom. The summed E-state index contributed by atoms with van der Waals surface area (Å²) < 4.78 is 2.35. The third kappa shape index (κ3) is 3.62. The first-order chi connectivity index (χ1) is 13.6. The van der Waals surface area contributed by atoms with E-state index < -0.39 is 0 Å². The smallest absolute Gasteiger partial charge is 0.270 e. The van der Waals surface area contributed by atoms with Crippen LogP contribution in [0.1, 0.15) is 58.2 Å². The van der Waals surface area contributed by atoms with Crippen LogP contribution in [0, 0.1) is 13.8 Å². The topological polar surface area (TPSA) is 28.5 Å². The Bertz CT molecular complexity index is 842. The van der Waals surface area contributed by atoms with E-state index in [4.69, 9.17) is 0 Å². The lowest BCUT2D eigenvalue weighted by molar-refractivity contribution is 0.0632. The predicted octanol–water partition coefficient (Wildman–Crippen LogP) is 3.81. The van der Waals surface area contributed by atoms with Crippen molar-refractivity contribution in [2.45, 2.75) is 53.0 Å². The Kier molecular flexibility index (Phi) is 5.58. The summed E-state index contributed by atoms with van der Waals surface area (Å²) in [5.74, 6) is 0.231. The highest BCUT2D eigenvalue weighted by atomic mass is 16.2. The van der Waals surface area contributed by atoms with Crippen molar-refractivity contribution in [3.8, 4) is 0 Å². The van der Waals surface area contributed by atoms with Gasteiger partial charge in [-0.05, 0) is 62.8 Å². The van der Waals surface area contributed by atoms with Gasteiger partial charge < -0.3 is 14.4 Å². The lowest BCUT2D eigenvalue weighted by Gasteiger charge is -2.34. The van der Waals surface area contributed by atoms with E-state index in [0.717, 1.165) is 57.8 Å². The van der Waals surface area contributed by atoms with Crippen molar-refractivity contribution in [2.24, 2.45) is 0 Å². The first-order valence-electron chi connectivity index (χ1n) is 10.9. The highest BCUT2D eigenvalue weighted by Gasteiger charge is 2.30. The van der Waals surface area contributed by atoms with Gasteiger partial charge >= 0.3 is 0 Å². The monoisotopic (exact) mass is 379 g/mol. The van der Waals surface area contributed by atoms with Crippen molar-refractivity contribution >= 4 is 5.91 Å². The second-order valence-corrected chi connectivity index (χ2v) is 8.40. The van der Waals surface area contributed by atoms with Gasteiger partial charge in [-0.3, -0.25) is 4.79 Å². The molecule has 4 nitrogen and oxygen atoms in total. The summed E-state index contributed by atoms with van der Waals surface area (Å²) in [4.78, 5) is 18.1. The molecule has 1 fully saturated rings. The zero-order chi connectivity index (χ0) is 19.7. The third-order valence-corrected chi connectivity index (χ3v) is 6.61. The molecule has 4 rings (SSSR count). The largest absolute Gasteiger partial charge is 0.336 e. The van der Waals surface area contributed by atoms with Crippen LogP contribution in [0.3, 0.4) is 0 Å². The molecule has 1 aromatic heterocycles. The molecule has 1 saturated heterocycles. The van der Waals surface area contributed by atoms with E-state index in [1.807, 2.05) is 0 Å². The molecule has 0 radical (unpaired) electrons. The fourth-order valence-corrected chi connectivity index (χ4v) is 4.81. The number of fused-ring (bicyclic) bond motifs is 1. The summed E-state index contributed by atoms with van der Waals surface area (Å²) in [7, 11) is 0. The fourth-order valence-electron chi connectivity index (χ4n) is 4.81. The van der Waals surface area contributed by atoms with E-state index in [0.29, 0.717) is 0 Å². The van der Waals surface area contributed by atoms with Crippen LogP contribution in [-0.4, -0.2) is 53.0 Å². The zero-order valence-corrected chi connectivity index (χ0v) is 17.6. The summed E-state index contributed by atoms with van der Waals surface area (Å²) in [6.07, 6.45) is 4.68. The molecule has 1 aromatic carbocycles. The Hall–Kier alpha value is -2.07. The summed E-state index contributed by atoms with van der Waals surface area (Å²) in [6, 6.07) is 8.75. The Morgan fingerprint density at radius 3 is 2.32 bits per heavy atom. The molecular weight excluding hydrogens is 346 g/mol. The number of hydrogen-bond donors (Lipinski definition) is 0. The number of carbonyl (C=O) groups excluding carboxylic acids is 1. The minimum Gasteiger partial charge on any atom is -0.336 e. The number of rotatable bonds is 4. The molecule has 0 bridgehead atoms. The average molecular weight is 380 g/mol. The van der Waals surface area contributed by atoms with Crippen molar-refractivity contribution in [1.29, 1.82) is 0 Å². The van der Waals surface area contributed by atoms with E-state index in [9.17, 15) is 4.79 Å². The molecule has 1 aliphatic heterocycles. The van der Waals surface area contributed by atoms with E-state index in [1.165, 1.54) is 40.8 Å². The van der Waals surface area contributed by atoms with Crippen LogP contribution in [0.25, 0.3) is 0 Å². The Morgan fingerprint density at radius 2 is 1.64 bits per heavy atom. The Balaban J connectivity index is 1.68. The highest BCUT2D eigenvalue weighted by molar-refractivity contribution is 5.95. The molecule has 1 amide bonds. The molecule has 0 saturated carbocycles. The predicted molar refractivity (Wildman–Crippen MR) is 114 cm³/mol. The van der Waals surface area contributed by atoms with Gasteiger partial charge in [0, 0.05) is 38.4 Å². The van der Waals surface area contributed by atoms with Crippen LogP contribution in [-0.2, 0) is 19.4 Å². The lowest BCUT2D eigenvalue weighted by atomic mass is 9.95. The number of aryl methyl sites for hydroxylation is 1. The van der Waals surface area contributed by atoms with Gasteiger partial charge in [0.15, 0.2) is 0 Å². The lowest BCUT2D eigenvalue weighted by Crippen LogP contribution is -2.49. The van der Waals surface area contributed by atoms with Crippen LogP contribution in [0.5, 0.6) is 0 Å². The molecule has 0 N–H and O–H groups in total. The van der Waals surface area contributed by atoms with Crippen molar-refractivity contribution in [2.75, 3.05) is 32.7 Å². The first kappa shape index (κ1) is 19.3. The standard InChI is InChI=1S/C24H33N3O/c1-4-25-13-15-26(16-14-25)24(28)23-19(3)21-7-5-6-8-22(21)27(23)17-20-11-9-18(2)10-12-20/h9-12H,4-8,13-17H2,1-3H3. The summed E-state index contributed by atoms with van der Waals surface area (Å²) >= 11 is 0. The molecule has 28 heavy (non-hydrogen) atoms. The summed E-state index contributed by atoms with van der Waals surface area (Å²) in [5.41, 5.74) is 7.56. The molecule has 0 spiro atoms. The SMILES string of the molecule is CCN1CCN(C(=O)c2c(C)c3c(n2Cc2ccc(C)cc2)CCCC3)CC1. The number of likely N-dealkylation sites (N-methyl/N-ethyl adjacent to an activating group) is 1. The van der Waals surface area contributed by atoms with Gasteiger partial charge in [-0.25, -0.2) is 0 Å². The number of carbonyl (C=O) groups is 1. The van der Waals surface area contributed by atoms with Crippen LogP contribution in [0.15, 0.2) is 24.3 Å². The Labute approximate surface area is 169 Å². The molecule has 2 heterocycles. The van der Waals surface area contributed by atoms with Crippen LogP contribution >= 0.6 is 0 Å². The van der Waals surface area contributed by atoms with E-state index in [2.05, 4.69) is 59.4 Å². The second-order valence-electron chi connectivity index (χ2n) is 8.40. The maximum Gasteiger partial charge on any atom is 0.270 e. The number of hydrogen-bond acceptors (Lipinski definition) is 2. The fraction of sp³-hybridized carbons (Fsp3) is 0.542. The number of aromatic nitrogens is 1. The van der Waals surface area contributed by atoms with Crippen molar-refractivity contribution in [3.63, 3.8) is 0 Å². The number of nitrogens with zero attached hydrogens (tertiary/aromatic N) is 3. The quantitative estimate of drug-likeness (QED) is 0.808. The normalized spacial score (nSPS) is 17.6. The van der Waals surface area contributed by atoms with E-state index >= 15 is 0 Å². The molecule has 150 valence electrons. The molecule has 0 unspecified atom stereocenters. The summed E-state index contributed by atoms with van der Waals surface area (Å²) in [5, 5.41) is 0. The second kappa shape index (κ2) is 8.12. The van der Waals surface area contributed by atoms with Crippen molar-refractivity contribution < 1.29 is 4.79 Å². The molecular formula is C24H33N3O. The average Bonchev–Trinajstić information content (AvgIpc) is 3.01. The zero-order valence-electron chi connectivity index (χ0n) is 17.6. The molecule has 2 aromatic rings. The van der Waals surface area contributed by atoms with Gasteiger partial charge in [0.25, 0.3) is 5.91 Å².